The van der Waals surface area contributed by atoms with Crippen LogP contribution >= 0.6 is 0 Å². The Morgan fingerprint density at radius 3 is 2.94 bits per heavy atom. The number of piperidine rings is 1. The summed E-state index contributed by atoms with van der Waals surface area (Å²) in [6, 6.07) is 6.97. The van der Waals surface area contributed by atoms with E-state index in [0.29, 0.717) is 12.5 Å². The van der Waals surface area contributed by atoms with E-state index >= 15 is 0 Å². The number of anilines is 1. The highest BCUT2D eigenvalue weighted by Crippen LogP contribution is 2.29. The van der Waals surface area contributed by atoms with E-state index in [9.17, 15) is 4.79 Å². The van der Waals surface area contributed by atoms with Crippen LogP contribution in [-0.2, 0) is 11.2 Å². The van der Waals surface area contributed by atoms with Crippen molar-refractivity contribution in [3.63, 3.8) is 0 Å². The average molecular weight is 230 g/mol. The van der Waals surface area contributed by atoms with Crippen LogP contribution in [0.2, 0.25) is 0 Å². The maximum atomic E-state index is 11.3. The lowest BCUT2D eigenvalue weighted by Gasteiger charge is -2.25. The number of carbonyl (C=O) groups excluding carboxylic acids is 1. The number of carbonyl (C=O) groups is 1. The van der Waals surface area contributed by atoms with Gasteiger partial charge in [-0.1, -0.05) is 18.6 Å². The third-order valence-electron chi connectivity index (χ3n) is 3.74. The summed E-state index contributed by atoms with van der Waals surface area (Å²) in [4.78, 5) is 11.3. The van der Waals surface area contributed by atoms with Crippen LogP contribution in [0.3, 0.4) is 0 Å². The van der Waals surface area contributed by atoms with Gasteiger partial charge in [-0.3, -0.25) is 4.79 Å². The molecule has 3 nitrogen and oxygen atoms in total. The van der Waals surface area contributed by atoms with Crippen LogP contribution in [0.15, 0.2) is 18.2 Å². The molecule has 2 aliphatic heterocycles. The molecule has 2 heterocycles. The summed E-state index contributed by atoms with van der Waals surface area (Å²) in [5, 5.41) is 6.49. The molecule has 0 saturated carbocycles. The minimum absolute atomic E-state index is 0.140. The van der Waals surface area contributed by atoms with E-state index < -0.39 is 0 Å². The van der Waals surface area contributed by atoms with E-state index in [-0.39, 0.29) is 5.91 Å². The van der Waals surface area contributed by atoms with Crippen molar-refractivity contribution in [2.45, 2.75) is 38.1 Å². The first kappa shape index (κ1) is 10.8. The Bertz CT molecular complexity index is 436. The van der Waals surface area contributed by atoms with Gasteiger partial charge in [0, 0.05) is 18.2 Å². The van der Waals surface area contributed by atoms with Gasteiger partial charge in [0.1, 0.15) is 0 Å². The fourth-order valence-electron chi connectivity index (χ4n) is 2.76. The predicted octanol–water partition coefficient (Wildman–Crippen LogP) is 2.39. The predicted molar refractivity (Wildman–Crippen MR) is 68.0 cm³/mol. The van der Waals surface area contributed by atoms with Crippen molar-refractivity contribution in [3.05, 3.63) is 29.3 Å². The number of hydrogen-bond acceptors (Lipinski definition) is 2. The summed E-state index contributed by atoms with van der Waals surface area (Å²) in [5.74, 6) is 0.140. The second-order valence-corrected chi connectivity index (χ2v) is 4.97. The number of nitrogens with one attached hydrogen (secondary N) is 2. The summed E-state index contributed by atoms with van der Waals surface area (Å²) in [7, 11) is 0. The van der Waals surface area contributed by atoms with E-state index in [1.54, 1.807) is 0 Å². The molecule has 1 aromatic rings. The van der Waals surface area contributed by atoms with Gasteiger partial charge in [0.2, 0.25) is 5.91 Å². The van der Waals surface area contributed by atoms with Crippen molar-refractivity contribution in [2.24, 2.45) is 0 Å². The molecule has 3 rings (SSSR count). The first-order valence-electron chi connectivity index (χ1n) is 6.49. The van der Waals surface area contributed by atoms with Crippen molar-refractivity contribution >= 4 is 11.6 Å². The molecule has 17 heavy (non-hydrogen) atoms. The molecule has 2 N–H and O–H groups in total. The lowest BCUT2D eigenvalue weighted by molar-refractivity contribution is -0.116. The van der Waals surface area contributed by atoms with Crippen LogP contribution < -0.4 is 10.6 Å². The number of fused-ring (bicyclic) bond motifs is 1. The van der Waals surface area contributed by atoms with Crippen molar-refractivity contribution in [1.82, 2.24) is 5.32 Å². The zero-order valence-electron chi connectivity index (χ0n) is 9.96. The fraction of sp³-hybridized carbons (Fsp3) is 0.500. The topological polar surface area (TPSA) is 41.1 Å². The molecule has 1 fully saturated rings. The number of hydrogen-bond donors (Lipinski definition) is 2. The van der Waals surface area contributed by atoms with Gasteiger partial charge in [-0.05, 0) is 43.0 Å². The fourth-order valence-corrected chi connectivity index (χ4v) is 2.76. The zero-order valence-corrected chi connectivity index (χ0v) is 9.96. The standard InChI is InChI=1S/C14H18N2O/c17-14-7-5-11-9-10(4-6-13(11)16-14)12-3-1-2-8-15-12/h4,6,9,12,15H,1-3,5,7-8H2,(H,16,17). The molecule has 0 spiro atoms. The van der Waals surface area contributed by atoms with Gasteiger partial charge >= 0.3 is 0 Å². The SMILES string of the molecule is O=C1CCc2cc(C3CCCCN3)ccc2N1. The zero-order chi connectivity index (χ0) is 11.7. The van der Waals surface area contributed by atoms with Crippen LogP contribution in [0.25, 0.3) is 0 Å². The van der Waals surface area contributed by atoms with Gasteiger partial charge in [-0.15, -0.1) is 0 Å². The molecule has 2 aliphatic rings. The Morgan fingerprint density at radius 1 is 1.18 bits per heavy atom. The maximum absolute atomic E-state index is 11.3. The second-order valence-electron chi connectivity index (χ2n) is 4.97. The lowest BCUT2D eigenvalue weighted by Crippen LogP contribution is -2.27. The first-order chi connectivity index (χ1) is 8.33. The van der Waals surface area contributed by atoms with E-state index in [1.807, 2.05) is 0 Å². The number of amides is 1. The highest BCUT2D eigenvalue weighted by Gasteiger charge is 2.19. The van der Waals surface area contributed by atoms with Gasteiger partial charge in [0.15, 0.2) is 0 Å². The smallest absolute Gasteiger partial charge is 0.224 e. The highest BCUT2D eigenvalue weighted by molar-refractivity contribution is 5.93. The summed E-state index contributed by atoms with van der Waals surface area (Å²) < 4.78 is 0. The van der Waals surface area contributed by atoms with Crippen molar-refractivity contribution in [3.8, 4) is 0 Å². The Kier molecular flexibility index (Phi) is 2.85. The number of rotatable bonds is 1. The Hall–Kier alpha value is -1.35. The Labute approximate surface area is 102 Å². The maximum Gasteiger partial charge on any atom is 0.224 e. The lowest BCUT2D eigenvalue weighted by atomic mass is 9.93. The molecule has 1 aromatic carbocycles. The van der Waals surface area contributed by atoms with E-state index in [0.717, 1.165) is 18.7 Å². The van der Waals surface area contributed by atoms with Gasteiger partial charge in [0.05, 0.1) is 0 Å². The summed E-state index contributed by atoms with van der Waals surface area (Å²) in [6.07, 6.45) is 5.32. The normalized spacial score (nSPS) is 24.0. The molecular weight excluding hydrogens is 212 g/mol. The Morgan fingerprint density at radius 2 is 2.12 bits per heavy atom. The van der Waals surface area contributed by atoms with Crippen molar-refractivity contribution in [2.75, 3.05) is 11.9 Å². The molecule has 0 bridgehead atoms. The molecule has 1 amide bonds. The van der Waals surface area contributed by atoms with Gasteiger partial charge in [0.25, 0.3) is 0 Å². The number of aryl methyl sites for hydroxylation is 1. The van der Waals surface area contributed by atoms with Crippen LogP contribution in [0.4, 0.5) is 5.69 Å². The van der Waals surface area contributed by atoms with Crippen LogP contribution in [-0.4, -0.2) is 12.5 Å². The largest absolute Gasteiger partial charge is 0.326 e. The highest BCUT2D eigenvalue weighted by atomic mass is 16.1. The molecule has 0 radical (unpaired) electrons. The van der Waals surface area contributed by atoms with Crippen molar-refractivity contribution in [1.29, 1.82) is 0 Å². The quantitative estimate of drug-likeness (QED) is 0.777. The van der Waals surface area contributed by atoms with Crippen LogP contribution in [0, 0.1) is 0 Å². The van der Waals surface area contributed by atoms with Crippen molar-refractivity contribution < 1.29 is 4.79 Å². The molecule has 3 heteroatoms. The van der Waals surface area contributed by atoms with Crippen LogP contribution in [0.1, 0.15) is 42.9 Å². The minimum Gasteiger partial charge on any atom is -0.326 e. The third-order valence-corrected chi connectivity index (χ3v) is 3.74. The molecule has 0 aromatic heterocycles. The summed E-state index contributed by atoms with van der Waals surface area (Å²) >= 11 is 0. The van der Waals surface area contributed by atoms with Gasteiger partial charge < -0.3 is 10.6 Å². The second kappa shape index (κ2) is 4.49. The van der Waals surface area contributed by atoms with E-state index in [4.69, 9.17) is 0 Å². The monoisotopic (exact) mass is 230 g/mol. The Balaban J connectivity index is 1.85. The molecule has 1 saturated heterocycles. The summed E-state index contributed by atoms with van der Waals surface area (Å²) in [6.45, 7) is 1.12. The van der Waals surface area contributed by atoms with Gasteiger partial charge in [-0.25, -0.2) is 0 Å². The molecule has 1 atom stereocenters. The summed E-state index contributed by atoms with van der Waals surface area (Å²) in [5.41, 5.74) is 3.66. The molecular formula is C14H18N2O. The first-order valence-corrected chi connectivity index (χ1v) is 6.49. The van der Waals surface area contributed by atoms with Crippen LogP contribution in [0.5, 0.6) is 0 Å². The van der Waals surface area contributed by atoms with E-state index in [1.165, 1.54) is 30.4 Å². The van der Waals surface area contributed by atoms with E-state index in [2.05, 4.69) is 28.8 Å². The third kappa shape index (κ3) is 2.20. The molecule has 90 valence electrons. The average Bonchev–Trinajstić information content (AvgIpc) is 2.39. The molecule has 1 unspecified atom stereocenters. The number of benzene rings is 1. The minimum atomic E-state index is 0.140. The van der Waals surface area contributed by atoms with Gasteiger partial charge in [-0.2, -0.15) is 0 Å². The molecule has 0 aliphatic carbocycles.